The Kier molecular flexibility index (Phi) is 5.77. The van der Waals surface area contributed by atoms with Gasteiger partial charge in [-0.25, -0.2) is 4.98 Å². The number of carbonyl (C=O) groups excluding carboxylic acids is 2. The number of hydrogen-bond acceptors (Lipinski definition) is 6. The van der Waals surface area contributed by atoms with E-state index in [1.807, 2.05) is 6.08 Å². The number of fused-ring (bicyclic) bond motifs is 4. The van der Waals surface area contributed by atoms with Crippen LogP contribution in [0.1, 0.15) is 23.2 Å². The van der Waals surface area contributed by atoms with Crippen molar-refractivity contribution in [3.05, 3.63) is 54.2 Å². The van der Waals surface area contributed by atoms with E-state index in [1.54, 1.807) is 42.6 Å². The molecule has 140 valence electrons. The van der Waals surface area contributed by atoms with E-state index in [1.165, 1.54) is 0 Å². The first kappa shape index (κ1) is 18.5. The Labute approximate surface area is 156 Å². The van der Waals surface area contributed by atoms with Gasteiger partial charge in [0.1, 0.15) is 0 Å². The van der Waals surface area contributed by atoms with Crippen LogP contribution in [0.15, 0.2) is 48.7 Å². The minimum Gasteiger partial charge on any atom is -0.477 e. The summed E-state index contributed by atoms with van der Waals surface area (Å²) in [5.41, 5.74) is 6.04. The fourth-order valence-corrected chi connectivity index (χ4v) is 2.73. The van der Waals surface area contributed by atoms with Crippen LogP contribution in [0.3, 0.4) is 0 Å². The highest BCUT2D eigenvalue weighted by Gasteiger charge is 2.26. The minimum atomic E-state index is -1.51. The average molecular weight is 368 g/mol. The lowest BCUT2D eigenvalue weighted by molar-refractivity contribution is -0.127. The monoisotopic (exact) mass is 368 g/mol. The van der Waals surface area contributed by atoms with Crippen LogP contribution in [0, 0.1) is 0 Å². The van der Waals surface area contributed by atoms with E-state index >= 15 is 0 Å². The number of benzene rings is 1. The molecule has 8 nitrogen and oxygen atoms in total. The number of amides is 2. The van der Waals surface area contributed by atoms with Gasteiger partial charge >= 0.3 is 0 Å². The second kappa shape index (κ2) is 8.41. The summed E-state index contributed by atoms with van der Waals surface area (Å²) < 4.78 is 5.62. The quantitative estimate of drug-likeness (QED) is 0.673. The van der Waals surface area contributed by atoms with E-state index in [0.717, 1.165) is 0 Å². The number of nitrogens with zero attached hydrogens (tertiary/aromatic N) is 2. The number of hydrogen-bond donors (Lipinski definition) is 3. The fraction of sp³-hybridized carbons (Fsp3) is 0.263. The molecule has 0 radical (unpaired) electrons. The van der Waals surface area contributed by atoms with E-state index < -0.39 is 24.0 Å². The lowest BCUT2D eigenvalue weighted by Crippen LogP contribution is -2.49. The number of carbonyl (C=O) groups is 2. The van der Waals surface area contributed by atoms with Crippen LogP contribution in [-0.2, 0) is 4.79 Å². The Hall–Kier alpha value is -3.26. The molecular weight excluding hydrogens is 348 g/mol. The van der Waals surface area contributed by atoms with E-state index in [0.29, 0.717) is 35.9 Å². The molecule has 1 aromatic heterocycles. The summed E-state index contributed by atoms with van der Waals surface area (Å²) >= 11 is 0. The second-order valence-corrected chi connectivity index (χ2v) is 6.04. The molecular formula is C19H20N4O4. The molecule has 0 spiro atoms. The summed E-state index contributed by atoms with van der Waals surface area (Å²) in [6.07, 6.45) is 4.52. The van der Waals surface area contributed by atoms with Gasteiger partial charge < -0.3 is 20.9 Å². The number of rotatable bonds is 2. The van der Waals surface area contributed by atoms with Crippen LogP contribution in [0.5, 0.6) is 5.88 Å². The predicted molar refractivity (Wildman–Crippen MR) is 97.8 cm³/mol. The van der Waals surface area contributed by atoms with Gasteiger partial charge in [-0.15, -0.1) is 0 Å². The molecule has 0 aliphatic carbocycles. The Morgan fingerprint density at radius 3 is 2.81 bits per heavy atom. The summed E-state index contributed by atoms with van der Waals surface area (Å²) in [4.78, 5) is 32.8. The predicted octanol–water partition coefficient (Wildman–Crippen LogP) is 0.817. The van der Waals surface area contributed by atoms with Gasteiger partial charge in [-0.2, -0.15) is 4.98 Å². The van der Waals surface area contributed by atoms with Crippen molar-refractivity contribution in [2.75, 3.05) is 6.61 Å². The summed E-state index contributed by atoms with van der Waals surface area (Å²) in [6.45, 7) is 0.407. The number of aliphatic hydroxyl groups is 1. The van der Waals surface area contributed by atoms with Crippen molar-refractivity contribution in [3.63, 3.8) is 0 Å². The van der Waals surface area contributed by atoms with Gasteiger partial charge in [0.15, 0.2) is 11.9 Å². The standard InChI is InChI=1S/C19H20N4O4/c20-17(25)16(24)14-8-2-1-5-11-27-15-9-10-21-18(23-15)12-6-3-4-7-13(12)19(26)22-14/h1-4,6-7,9-10,14,16,24H,5,8,11H2,(H2,20,25)(H,22,26)/b2-1-/t14-,16?/m0/s1. The third kappa shape index (κ3) is 4.48. The summed E-state index contributed by atoms with van der Waals surface area (Å²) in [7, 11) is 0. The molecule has 2 amide bonds. The molecule has 27 heavy (non-hydrogen) atoms. The summed E-state index contributed by atoms with van der Waals surface area (Å²) in [6, 6.07) is 7.62. The largest absolute Gasteiger partial charge is 0.477 e. The van der Waals surface area contributed by atoms with E-state index in [-0.39, 0.29) is 6.42 Å². The van der Waals surface area contributed by atoms with Crippen molar-refractivity contribution >= 4 is 11.8 Å². The van der Waals surface area contributed by atoms with E-state index in [4.69, 9.17) is 10.5 Å². The molecule has 1 aromatic carbocycles. The number of aliphatic hydroxyl groups excluding tert-OH is 1. The van der Waals surface area contributed by atoms with Crippen LogP contribution in [0.2, 0.25) is 0 Å². The SMILES string of the molecule is NC(=O)C(O)[C@@H]1C/C=C\CCOc2ccnc(n2)-c2ccccc2C(=O)N1. The molecule has 0 saturated heterocycles. The average Bonchev–Trinajstić information content (AvgIpc) is 2.68. The first-order chi connectivity index (χ1) is 13.1. The van der Waals surface area contributed by atoms with Crippen LogP contribution in [0.4, 0.5) is 0 Å². The first-order valence-electron chi connectivity index (χ1n) is 8.55. The smallest absolute Gasteiger partial charge is 0.252 e. The van der Waals surface area contributed by atoms with Crippen molar-refractivity contribution in [1.29, 1.82) is 0 Å². The molecule has 1 unspecified atom stereocenters. The maximum Gasteiger partial charge on any atom is 0.252 e. The topological polar surface area (TPSA) is 127 Å². The van der Waals surface area contributed by atoms with Gasteiger partial charge in [0.2, 0.25) is 11.8 Å². The summed E-state index contributed by atoms with van der Waals surface area (Å²) in [5, 5.41) is 12.8. The second-order valence-electron chi connectivity index (χ2n) is 6.04. The van der Waals surface area contributed by atoms with Crippen LogP contribution in [-0.4, -0.2) is 45.6 Å². The molecule has 2 aromatic rings. The molecule has 2 bridgehead atoms. The molecule has 8 heteroatoms. The van der Waals surface area contributed by atoms with Crippen molar-refractivity contribution in [2.45, 2.75) is 25.0 Å². The highest BCUT2D eigenvalue weighted by Crippen LogP contribution is 2.22. The fourth-order valence-electron chi connectivity index (χ4n) is 2.73. The summed E-state index contributed by atoms with van der Waals surface area (Å²) in [5.74, 6) is -0.598. The number of nitrogens with two attached hydrogens (primary N) is 1. The Morgan fingerprint density at radius 1 is 1.26 bits per heavy atom. The Morgan fingerprint density at radius 2 is 2.04 bits per heavy atom. The normalized spacial score (nSPS) is 19.6. The van der Waals surface area contributed by atoms with Gasteiger partial charge in [0, 0.05) is 17.8 Å². The molecule has 2 heterocycles. The van der Waals surface area contributed by atoms with E-state index in [2.05, 4.69) is 15.3 Å². The first-order valence-corrected chi connectivity index (χ1v) is 8.55. The molecule has 4 N–H and O–H groups in total. The lowest BCUT2D eigenvalue weighted by Gasteiger charge is -2.21. The zero-order chi connectivity index (χ0) is 19.2. The third-order valence-electron chi connectivity index (χ3n) is 4.12. The number of aromatic nitrogens is 2. The highest BCUT2D eigenvalue weighted by atomic mass is 16.5. The molecule has 3 rings (SSSR count). The Bertz CT molecular complexity index is 868. The molecule has 2 atom stereocenters. The zero-order valence-electron chi connectivity index (χ0n) is 14.5. The highest BCUT2D eigenvalue weighted by molar-refractivity contribution is 6.00. The zero-order valence-corrected chi connectivity index (χ0v) is 14.5. The number of primary amides is 1. The van der Waals surface area contributed by atoms with Gasteiger partial charge in [0.25, 0.3) is 5.91 Å². The molecule has 0 fully saturated rings. The van der Waals surface area contributed by atoms with Crippen molar-refractivity contribution in [3.8, 4) is 17.3 Å². The number of nitrogens with one attached hydrogen (secondary N) is 1. The third-order valence-corrected chi connectivity index (χ3v) is 4.12. The molecule has 1 aliphatic rings. The van der Waals surface area contributed by atoms with E-state index in [9.17, 15) is 14.7 Å². The van der Waals surface area contributed by atoms with Crippen molar-refractivity contribution in [2.24, 2.45) is 5.73 Å². The van der Waals surface area contributed by atoms with Crippen LogP contribution >= 0.6 is 0 Å². The van der Waals surface area contributed by atoms with Gasteiger partial charge in [-0.05, 0) is 18.9 Å². The van der Waals surface area contributed by atoms with Crippen molar-refractivity contribution < 1.29 is 19.4 Å². The van der Waals surface area contributed by atoms with Gasteiger partial charge in [-0.1, -0.05) is 30.4 Å². The molecule has 1 aliphatic heterocycles. The maximum absolute atomic E-state index is 12.8. The van der Waals surface area contributed by atoms with Gasteiger partial charge in [-0.3, -0.25) is 9.59 Å². The lowest BCUT2D eigenvalue weighted by atomic mass is 10.0. The van der Waals surface area contributed by atoms with Gasteiger partial charge in [0.05, 0.1) is 18.2 Å². The Balaban J connectivity index is 2.01. The van der Waals surface area contributed by atoms with Crippen LogP contribution in [0.25, 0.3) is 11.4 Å². The minimum absolute atomic E-state index is 0.250. The van der Waals surface area contributed by atoms with Crippen LogP contribution < -0.4 is 15.8 Å². The molecule has 0 saturated carbocycles. The van der Waals surface area contributed by atoms with Crippen molar-refractivity contribution in [1.82, 2.24) is 15.3 Å². The maximum atomic E-state index is 12.8. The number of ether oxygens (including phenoxy) is 1.